The van der Waals surface area contributed by atoms with E-state index in [1.54, 1.807) is 30.3 Å². The first-order chi connectivity index (χ1) is 12.0. The molecule has 2 rings (SSSR count). The molecule has 132 valence electrons. The van der Waals surface area contributed by atoms with Crippen LogP contribution >= 0.6 is 0 Å². The van der Waals surface area contributed by atoms with Gasteiger partial charge in [-0.15, -0.1) is 0 Å². The van der Waals surface area contributed by atoms with Crippen molar-refractivity contribution in [1.29, 1.82) is 0 Å². The Morgan fingerprint density at radius 2 is 1.96 bits per heavy atom. The molecule has 0 aliphatic rings. The molecule has 0 bridgehead atoms. The molecular formula is C18H23N5O2. The lowest BCUT2D eigenvalue weighted by molar-refractivity contribution is 0.100. The van der Waals surface area contributed by atoms with Crippen LogP contribution in [0.5, 0.6) is 0 Å². The number of carbonyl (C=O) groups is 2. The zero-order chi connectivity index (χ0) is 18.2. The molecule has 1 aromatic carbocycles. The van der Waals surface area contributed by atoms with Crippen molar-refractivity contribution in [2.75, 3.05) is 37.8 Å². The first kappa shape index (κ1) is 18.5. The molecule has 1 amide bonds. The summed E-state index contributed by atoms with van der Waals surface area (Å²) >= 11 is 0. The van der Waals surface area contributed by atoms with Crippen molar-refractivity contribution in [3.8, 4) is 0 Å². The number of hydrogen-bond acceptors (Lipinski definition) is 6. The van der Waals surface area contributed by atoms with Crippen LogP contribution in [-0.4, -0.2) is 53.7 Å². The summed E-state index contributed by atoms with van der Waals surface area (Å²) in [7, 11) is 4.04. The van der Waals surface area contributed by atoms with Gasteiger partial charge in [-0.05, 0) is 46.1 Å². The lowest BCUT2D eigenvalue weighted by Crippen LogP contribution is -2.17. The van der Waals surface area contributed by atoms with Crippen LogP contribution < -0.4 is 10.6 Å². The van der Waals surface area contributed by atoms with Crippen molar-refractivity contribution >= 4 is 23.2 Å². The Bertz CT molecular complexity index is 746. The number of hydrogen-bond donors (Lipinski definition) is 2. The van der Waals surface area contributed by atoms with E-state index in [1.165, 1.54) is 13.3 Å². The van der Waals surface area contributed by atoms with Gasteiger partial charge < -0.3 is 15.5 Å². The molecule has 2 aromatic rings. The number of anilines is 2. The maximum absolute atomic E-state index is 12.3. The van der Waals surface area contributed by atoms with Gasteiger partial charge in [-0.1, -0.05) is 12.1 Å². The summed E-state index contributed by atoms with van der Waals surface area (Å²) in [6.45, 7) is 3.22. The second-order valence-electron chi connectivity index (χ2n) is 5.96. The molecule has 2 N–H and O–H groups in total. The van der Waals surface area contributed by atoms with Crippen molar-refractivity contribution in [2.24, 2.45) is 0 Å². The highest BCUT2D eigenvalue weighted by Gasteiger charge is 2.10. The monoisotopic (exact) mass is 341 g/mol. The van der Waals surface area contributed by atoms with Crippen molar-refractivity contribution in [1.82, 2.24) is 14.9 Å². The summed E-state index contributed by atoms with van der Waals surface area (Å²) in [5.41, 5.74) is 1.36. The zero-order valence-corrected chi connectivity index (χ0v) is 14.7. The number of ketones is 1. The van der Waals surface area contributed by atoms with E-state index < -0.39 is 0 Å². The highest BCUT2D eigenvalue weighted by Crippen LogP contribution is 2.13. The highest BCUT2D eigenvalue weighted by molar-refractivity contribution is 6.04. The van der Waals surface area contributed by atoms with Gasteiger partial charge in [0.15, 0.2) is 5.78 Å². The Morgan fingerprint density at radius 1 is 1.16 bits per heavy atom. The van der Waals surface area contributed by atoms with E-state index in [2.05, 4.69) is 25.5 Å². The third-order valence-corrected chi connectivity index (χ3v) is 3.51. The molecule has 0 aliphatic heterocycles. The molecule has 1 aromatic heterocycles. The second-order valence-corrected chi connectivity index (χ2v) is 5.96. The van der Waals surface area contributed by atoms with Crippen LogP contribution in [-0.2, 0) is 0 Å². The van der Waals surface area contributed by atoms with Crippen LogP contribution in [0.15, 0.2) is 36.7 Å². The van der Waals surface area contributed by atoms with Crippen LogP contribution in [0.2, 0.25) is 0 Å². The minimum Gasteiger partial charge on any atom is -0.370 e. The number of nitrogens with zero attached hydrogens (tertiary/aromatic N) is 3. The molecule has 0 spiro atoms. The van der Waals surface area contributed by atoms with Gasteiger partial charge in [0.1, 0.15) is 17.8 Å². The second kappa shape index (κ2) is 8.89. The number of benzene rings is 1. The fourth-order valence-corrected chi connectivity index (χ4v) is 2.20. The van der Waals surface area contributed by atoms with Crippen LogP contribution in [0.25, 0.3) is 0 Å². The first-order valence-electron chi connectivity index (χ1n) is 8.08. The normalized spacial score (nSPS) is 10.6. The molecule has 0 radical (unpaired) electrons. The average molecular weight is 341 g/mol. The molecule has 0 aliphatic carbocycles. The van der Waals surface area contributed by atoms with Crippen LogP contribution in [0, 0.1) is 0 Å². The molecule has 0 atom stereocenters. The van der Waals surface area contributed by atoms with Crippen LogP contribution in [0.4, 0.5) is 11.5 Å². The van der Waals surface area contributed by atoms with Gasteiger partial charge in [-0.2, -0.15) is 0 Å². The third-order valence-electron chi connectivity index (χ3n) is 3.51. The maximum Gasteiger partial charge on any atom is 0.274 e. The predicted octanol–water partition coefficient (Wildman–Crippen LogP) is 2.30. The maximum atomic E-state index is 12.3. The summed E-state index contributed by atoms with van der Waals surface area (Å²) in [6.07, 6.45) is 2.32. The standard InChI is InChI=1S/C18H23N5O2/c1-13(24)14-6-4-7-15(10-14)22-18(25)16-11-17(21-12-20-16)19-8-5-9-23(2)3/h4,6-7,10-12H,5,8-9H2,1-3H3,(H,22,25)(H,19,20,21). The van der Waals surface area contributed by atoms with Crippen LogP contribution in [0.3, 0.4) is 0 Å². The van der Waals surface area contributed by atoms with Crippen molar-refractivity contribution in [2.45, 2.75) is 13.3 Å². The van der Waals surface area contributed by atoms with Gasteiger partial charge in [0.25, 0.3) is 5.91 Å². The first-order valence-corrected chi connectivity index (χ1v) is 8.08. The van der Waals surface area contributed by atoms with Crippen LogP contribution in [0.1, 0.15) is 34.2 Å². The topological polar surface area (TPSA) is 87.2 Å². The summed E-state index contributed by atoms with van der Waals surface area (Å²) in [5.74, 6) is 0.207. The van der Waals surface area contributed by atoms with Crippen molar-refractivity contribution in [3.05, 3.63) is 47.9 Å². The van der Waals surface area contributed by atoms with Gasteiger partial charge in [0, 0.05) is 23.9 Å². The summed E-state index contributed by atoms with van der Waals surface area (Å²) in [4.78, 5) is 34.0. The number of amides is 1. The van der Waals surface area contributed by atoms with E-state index in [-0.39, 0.29) is 17.4 Å². The molecule has 0 unspecified atom stereocenters. The predicted molar refractivity (Wildman–Crippen MR) is 98.1 cm³/mol. The zero-order valence-electron chi connectivity index (χ0n) is 14.7. The molecule has 1 heterocycles. The van der Waals surface area contributed by atoms with E-state index in [9.17, 15) is 9.59 Å². The molecule has 0 saturated heterocycles. The fraction of sp³-hybridized carbons (Fsp3) is 0.333. The average Bonchev–Trinajstić information content (AvgIpc) is 2.59. The molecule has 7 nitrogen and oxygen atoms in total. The minimum atomic E-state index is -0.348. The summed E-state index contributed by atoms with van der Waals surface area (Å²) in [5, 5.41) is 5.93. The van der Waals surface area contributed by atoms with E-state index in [1.807, 2.05) is 14.1 Å². The number of carbonyl (C=O) groups excluding carboxylic acids is 2. The Kier molecular flexibility index (Phi) is 6.59. The van der Waals surface area contributed by atoms with E-state index in [4.69, 9.17) is 0 Å². The molecule has 0 saturated carbocycles. The number of rotatable bonds is 8. The van der Waals surface area contributed by atoms with Crippen molar-refractivity contribution < 1.29 is 9.59 Å². The highest BCUT2D eigenvalue weighted by atomic mass is 16.2. The minimum absolute atomic E-state index is 0.0534. The quantitative estimate of drug-likeness (QED) is 0.566. The number of nitrogens with one attached hydrogen (secondary N) is 2. The Labute approximate surface area is 147 Å². The van der Waals surface area contributed by atoms with Gasteiger partial charge in [-0.3, -0.25) is 9.59 Å². The van der Waals surface area contributed by atoms with E-state index >= 15 is 0 Å². The van der Waals surface area contributed by atoms with Gasteiger partial charge in [0.05, 0.1) is 0 Å². The van der Waals surface area contributed by atoms with Gasteiger partial charge >= 0.3 is 0 Å². The number of aromatic nitrogens is 2. The van der Waals surface area contributed by atoms with Crippen molar-refractivity contribution in [3.63, 3.8) is 0 Å². The molecule has 0 fully saturated rings. The largest absolute Gasteiger partial charge is 0.370 e. The third kappa shape index (κ3) is 5.96. The van der Waals surface area contributed by atoms with E-state index in [0.29, 0.717) is 17.1 Å². The molecule has 25 heavy (non-hydrogen) atoms. The Hall–Kier alpha value is -2.80. The summed E-state index contributed by atoms with van der Waals surface area (Å²) in [6, 6.07) is 8.41. The van der Waals surface area contributed by atoms with Gasteiger partial charge in [-0.25, -0.2) is 9.97 Å². The lowest BCUT2D eigenvalue weighted by Gasteiger charge is -2.10. The smallest absolute Gasteiger partial charge is 0.274 e. The van der Waals surface area contributed by atoms with E-state index in [0.717, 1.165) is 19.5 Å². The summed E-state index contributed by atoms with van der Waals surface area (Å²) < 4.78 is 0. The Morgan fingerprint density at radius 3 is 2.68 bits per heavy atom. The fourth-order valence-electron chi connectivity index (χ4n) is 2.20. The number of Topliss-reactive ketones (excluding diaryl/α,β-unsaturated/α-hetero) is 1. The molecule has 7 heteroatoms. The SMILES string of the molecule is CC(=O)c1cccc(NC(=O)c2cc(NCCCN(C)C)ncn2)c1. The Balaban J connectivity index is 1.98. The lowest BCUT2D eigenvalue weighted by atomic mass is 10.1. The van der Waals surface area contributed by atoms with Gasteiger partial charge in [0.2, 0.25) is 0 Å². The molecular weight excluding hydrogens is 318 g/mol.